The van der Waals surface area contributed by atoms with E-state index in [1.54, 1.807) is 0 Å². The molecule has 92 valence electrons. The van der Waals surface area contributed by atoms with Crippen molar-refractivity contribution in [2.45, 2.75) is 20.3 Å². The highest BCUT2D eigenvalue weighted by Gasteiger charge is 2.12. The molecule has 18 heavy (non-hydrogen) atoms. The van der Waals surface area contributed by atoms with Crippen molar-refractivity contribution in [3.8, 4) is 0 Å². The van der Waals surface area contributed by atoms with Gasteiger partial charge in [0.2, 0.25) is 0 Å². The van der Waals surface area contributed by atoms with Crippen LogP contribution in [0, 0.1) is 17.4 Å². The van der Waals surface area contributed by atoms with Crippen LogP contribution in [0.5, 0.6) is 0 Å². The van der Waals surface area contributed by atoms with Gasteiger partial charge in [-0.15, -0.1) is 0 Å². The highest BCUT2D eigenvalue weighted by atomic mass is 127. The second-order valence-corrected chi connectivity index (χ2v) is 5.54. The minimum absolute atomic E-state index is 0.192. The van der Waals surface area contributed by atoms with Crippen molar-refractivity contribution in [2.24, 2.45) is 0 Å². The molecule has 0 radical (unpaired) electrons. The zero-order chi connectivity index (χ0) is 13.1. The first kappa shape index (κ1) is 13.3. The molecule has 0 fully saturated rings. The molecule has 0 aromatic heterocycles. The SMILES string of the molecule is Cc1ccccc1CC(=O)c1cccc(C)c1I. The van der Waals surface area contributed by atoms with Gasteiger partial charge in [0.15, 0.2) is 5.78 Å². The quantitative estimate of drug-likeness (QED) is 0.595. The first-order valence-electron chi connectivity index (χ1n) is 5.92. The molecular weight excluding hydrogens is 335 g/mol. The van der Waals surface area contributed by atoms with Crippen LogP contribution in [-0.2, 0) is 6.42 Å². The Morgan fingerprint density at radius 3 is 2.39 bits per heavy atom. The van der Waals surface area contributed by atoms with Gasteiger partial charge in [-0.2, -0.15) is 0 Å². The minimum Gasteiger partial charge on any atom is -0.294 e. The lowest BCUT2D eigenvalue weighted by Crippen LogP contribution is -2.07. The van der Waals surface area contributed by atoms with Crippen LogP contribution in [0.1, 0.15) is 27.0 Å². The van der Waals surface area contributed by atoms with E-state index in [0.717, 1.165) is 20.3 Å². The molecule has 0 saturated heterocycles. The average molecular weight is 350 g/mol. The number of benzene rings is 2. The van der Waals surface area contributed by atoms with Gasteiger partial charge in [-0.3, -0.25) is 4.79 Å². The molecule has 2 rings (SSSR count). The minimum atomic E-state index is 0.192. The predicted octanol–water partition coefficient (Wildman–Crippen LogP) is 4.33. The van der Waals surface area contributed by atoms with Gasteiger partial charge >= 0.3 is 0 Å². The molecule has 0 aliphatic carbocycles. The Bertz CT molecular complexity index is 587. The molecule has 2 aromatic rings. The summed E-state index contributed by atoms with van der Waals surface area (Å²) < 4.78 is 1.06. The molecule has 0 aliphatic heterocycles. The fraction of sp³-hybridized carbons (Fsp3) is 0.188. The van der Waals surface area contributed by atoms with Crippen LogP contribution in [0.25, 0.3) is 0 Å². The van der Waals surface area contributed by atoms with E-state index >= 15 is 0 Å². The van der Waals surface area contributed by atoms with Gasteiger partial charge in [-0.25, -0.2) is 0 Å². The van der Waals surface area contributed by atoms with Crippen molar-refractivity contribution < 1.29 is 4.79 Å². The Kier molecular flexibility index (Phi) is 4.17. The molecule has 0 amide bonds. The summed E-state index contributed by atoms with van der Waals surface area (Å²) in [6.07, 6.45) is 0.478. The number of halogens is 1. The van der Waals surface area contributed by atoms with Gasteiger partial charge < -0.3 is 0 Å². The van der Waals surface area contributed by atoms with E-state index in [0.29, 0.717) is 6.42 Å². The zero-order valence-corrected chi connectivity index (χ0v) is 12.7. The van der Waals surface area contributed by atoms with Gasteiger partial charge in [-0.1, -0.05) is 42.5 Å². The van der Waals surface area contributed by atoms with E-state index in [1.165, 1.54) is 5.56 Å². The number of hydrogen-bond acceptors (Lipinski definition) is 1. The van der Waals surface area contributed by atoms with Gasteiger partial charge in [0.1, 0.15) is 0 Å². The molecule has 0 atom stereocenters. The Morgan fingerprint density at radius 1 is 1.00 bits per heavy atom. The van der Waals surface area contributed by atoms with Crippen LogP contribution >= 0.6 is 22.6 Å². The second-order valence-electron chi connectivity index (χ2n) is 4.46. The van der Waals surface area contributed by atoms with Crippen molar-refractivity contribution in [3.63, 3.8) is 0 Å². The largest absolute Gasteiger partial charge is 0.294 e. The molecule has 2 heteroatoms. The maximum absolute atomic E-state index is 12.3. The Morgan fingerprint density at radius 2 is 1.67 bits per heavy atom. The summed E-state index contributed by atoms with van der Waals surface area (Å²) in [5.41, 5.74) is 4.28. The standard InChI is InChI=1S/C16H15IO/c1-11-6-3-4-8-13(11)10-15(18)14-9-5-7-12(2)16(14)17/h3-9H,10H2,1-2H3. The van der Waals surface area contributed by atoms with Gasteiger partial charge in [0.05, 0.1) is 0 Å². The molecule has 0 unspecified atom stereocenters. The van der Waals surface area contributed by atoms with Gasteiger partial charge in [-0.05, 0) is 53.1 Å². The number of carbonyl (C=O) groups is 1. The third-order valence-electron chi connectivity index (χ3n) is 3.10. The van der Waals surface area contributed by atoms with Crippen molar-refractivity contribution in [1.29, 1.82) is 0 Å². The number of rotatable bonds is 3. The van der Waals surface area contributed by atoms with Crippen molar-refractivity contribution in [3.05, 3.63) is 68.3 Å². The molecule has 0 N–H and O–H groups in total. The molecule has 0 bridgehead atoms. The second kappa shape index (κ2) is 5.65. The first-order chi connectivity index (χ1) is 8.59. The number of Topliss-reactive ketones (excluding diaryl/α,β-unsaturated/α-hetero) is 1. The Labute approximate surface area is 121 Å². The van der Waals surface area contributed by atoms with E-state index in [2.05, 4.69) is 22.6 Å². The first-order valence-corrected chi connectivity index (χ1v) is 7.00. The van der Waals surface area contributed by atoms with E-state index in [9.17, 15) is 4.79 Å². The summed E-state index contributed by atoms with van der Waals surface area (Å²) in [4.78, 5) is 12.3. The number of aryl methyl sites for hydroxylation is 2. The van der Waals surface area contributed by atoms with E-state index in [-0.39, 0.29) is 5.78 Å². The van der Waals surface area contributed by atoms with Crippen molar-refractivity contribution in [1.82, 2.24) is 0 Å². The summed E-state index contributed by atoms with van der Waals surface area (Å²) in [5, 5.41) is 0. The monoisotopic (exact) mass is 350 g/mol. The summed E-state index contributed by atoms with van der Waals surface area (Å²) in [5.74, 6) is 0.192. The van der Waals surface area contributed by atoms with Crippen LogP contribution in [0.4, 0.5) is 0 Å². The number of hydrogen-bond donors (Lipinski definition) is 0. The molecule has 1 nitrogen and oxygen atoms in total. The molecule has 0 aliphatic rings. The lowest BCUT2D eigenvalue weighted by Gasteiger charge is -2.08. The maximum atomic E-state index is 12.3. The average Bonchev–Trinajstić information content (AvgIpc) is 2.35. The highest BCUT2D eigenvalue weighted by Crippen LogP contribution is 2.19. The lowest BCUT2D eigenvalue weighted by molar-refractivity contribution is 0.0992. The molecule has 0 heterocycles. The van der Waals surface area contributed by atoms with Crippen LogP contribution < -0.4 is 0 Å². The Hall–Kier alpha value is -1.16. The van der Waals surface area contributed by atoms with E-state index in [1.807, 2.05) is 56.3 Å². The smallest absolute Gasteiger partial charge is 0.168 e. The van der Waals surface area contributed by atoms with Crippen LogP contribution in [0.2, 0.25) is 0 Å². The Balaban J connectivity index is 2.28. The van der Waals surface area contributed by atoms with Crippen molar-refractivity contribution >= 4 is 28.4 Å². The predicted molar refractivity (Wildman–Crippen MR) is 83.1 cm³/mol. The van der Waals surface area contributed by atoms with Crippen LogP contribution in [0.15, 0.2) is 42.5 Å². The fourth-order valence-electron chi connectivity index (χ4n) is 1.94. The number of carbonyl (C=O) groups excluding carboxylic acids is 1. The fourth-order valence-corrected chi connectivity index (χ4v) is 2.60. The van der Waals surface area contributed by atoms with E-state index in [4.69, 9.17) is 0 Å². The molecule has 0 saturated carbocycles. The summed E-state index contributed by atoms with van der Waals surface area (Å²) in [7, 11) is 0. The zero-order valence-electron chi connectivity index (χ0n) is 10.5. The van der Waals surface area contributed by atoms with E-state index < -0.39 is 0 Å². The third-order valence-corrected chi connectivity index (χ3v) is 4.54. The van der Waals surface area contributed by atoms with Crippen LogP contribution in [0.3, 0.4) is 0 Å². The lowest BCUT2D eigenvalue weighted by atomic mass is 9.99. The summed E-state index contributed by atoms with van der Waals surface area (Å²) in [6.45, 7) is 4.08. The highest BCUT2D eigenvalue weighted by molar-refractivity contribution is 14.1. The topological polar surface area (TPSA) is 17.1 Å². The molecular formula is C16H15IO. The normalized spacial score (nSPS) is 10.4. The third kappa shape index (κ3) is 2.80. The van der Waals surface area contributed by atoms with Gasteiger partial charge in [0, 0.05) is 15.6 Å². The van der Waals surface area contributed by atoms with Gasteiger partial charge in [0.25, 0.3) is 0 Å². The molecule has 2 aromatic carbocycles. The van der Waals surface area contributed by atoms with Crippen LogP contribution in [-0.4, -0.2) is 5.78 Å². The maximum Gasteiger partial charge on any atom is 0.168 e. The molecule has 0 spiro atoms. The summed E-state index contributed by atoms with van der Waals surface area (Å²) >= 11 is 2.25. The van der Waals surface area contributed by atoms with Crippen molar-refractivity contribution in [2.75, 3.05) is 0 Å². The number of ketones is 1. The summed E-state index contributed by atoms with van der Waals surface area (Å²) in [6, 6.07) is 13.9.